The van der Waals surface area contributed by atoms with Crippen molar-refractivity contribution in [3.8, 4) is 0 Å². The van der Waals surface area contributed by atoms with Gasteiger partial charge in [0.2, 0.25) is 0 Å². The number of thioether (sulfide) groups is 1. The molecule has 4 nitrogen and oxygen atoms in total. The number of hydrogen-bond acceptors (Lipinski definition) is 4. The van der Waals surface area contributed by atoms with Crippen LogP contribution in [0.15, 0.2) is 46.3 Å². The topological polar surface area (TPSA) is 44.7 Å². The number of benzene rings is 2. The fraction of sp³-hybridized carbons (Fsp3) is 0.385. The van der Waals surface area contributed by atoms with Crippen molar-refractivity contribution in [2.45, 2.75) is 65.5 Å². The molecular weight excluding hydrogens is 438 g/mol. The number of nitrogens with one attached hydrogen (secondary N) is 1. The number of hydrogen-bond donors (Lipinski definition) is 1. The Kier molecular flexibility index (Phi) is 6.17. The van der Waals surface area contributed by atoms with Crippen LogP contribution in [0.3, 0.4) is 0 Å². The molecule has 0 saturated carbocycles. The van der Waals surface area contributed by atoms with Gasteiger partial charge < -0.3 is 10.2 Å². The van der Waals surface area contributed by atoms with Gasteiger partial charge in [0.15, 0.2) is 5.17 Å². The molecule has 0 aromatic heterocycles. The van der Waals surface area contributed by atoms with E-state index < -0.39 is 0 Å². The number of carbonyl (C=O) groups is 1. The van der Waals surface area contributed by atoms with E-state index in [0.29, 0.717) is 27.1 Å². The number of nitrogens with zero attached hydrogens (tertiary/aromatic N) is 2. The molecule has 2 aliphatic heterocycles. The number of fused-ring (bicyclic) bond motifs is 1. The van der Waals surface area contributed by atoms with Crippen LogP contribution in [0.25, 0.3) is 6.08 Å². The van der Waals surface area contributed by atoms with Crippen LogP contribution in [0.1, 0.15) is 63.6 Å². The van der Waals surface area contributed by atoms with Gasteiger partial charge in [-0.25, -0.2) is 4.99 Å². The normalized spacial score (nSPS) is 22.6. The lowest BCUT2D eigenvalue weighted by Gasteiger charge is -2.50. The zero-order valence-corrected chi connectivity index (χ0v) is 21.1. The smallest absolute Gasteiger partial charge is 0.264 e. The van der Waals surface area contributed by atoms with E-state index in [2.05, 4.69) is 68.0 Å². The summed E-state index contributed by atoms with van der Waals surface area (Å²) >= 11 is 7.57. The molecule has 2 aliphatic rings. The molecule has 1 N–H and O–H groups in total. The molecule has 0 unspecified atom stereocenters. The van der Waals surface area contributed by atoms with Crippen LogP contribution in [-0.4, -0.2) is 22.7 Å². The lowest BCUT2D eigenvalue weighted by Crippen LogP contribution is -2.51. The monoisotopic (exact) mass is 467 g/mol. The zero-order valence-electron chi connectivity index (χ0n) is 19.5. The number of halogens is 1. The van der Waals surface area contributed by atoms with Crippen LogP contribution in [-0.2, 0) is 4.79 Å². The third kappa shape index (κ3) is 4.33. The molecule has 32 heavy (non-hydrogen) atoms. The van der Waals surface area contributed by atoms with Gasteiger partial charge in [-0.1, -0.05) is 30.7 Å². The molecule has 0 bridgehead atoms. The van der Waals surface area contributed by atoms with Crippen LogP contribution in [0.4, 0.5) is 11.4 Å². The molecule has 6 heteroatoms. The number of carbonyl (C=O) groups excluding carboxylic acids is 1. The average Bonchev–Trinajstić information content (AvgIpc) is 3.04. The molecule has 0 spiro atoms. The second-order valence-electron chi connectivity index (χ2n) is 9.57. The molecule has 1 fully saturated rings. The van der Waals surface area contributed by atoms with Crippen molar-refractivity contribution in [3.63, 3.8) is 0 Å². The van der Waals surface area contributed by atoms with E-state index in [1.807, 2.05) is 31.2 Å². The number of rotatable bonds is 3. The van der Waals surface area contributed by atoms with Crippen molar-refractivity contribution in [2.75, 3.05) is 4.90 Å². The van der Waals surface area contributed by atoms with Crippen molar-refractivity contribution < 1.29 is 4.79 Å². The van der Waals surface area contributed by atoms with Crippen molar-refractivity contribution in [1.82, 2.24) is 5.32 Å². The predicted octanol–water partition coefficient (Wildman–Crippen LogP) is 7.04. The molecule has 2 aromatic rings. The van der Waals surface area contributed by atoms with Gasteiger partial charge in [-0.15, -0.1) is 0 Å². The number of amidine groups is 1. The molecule has 2 heterocycles. The zero-order chi connectivity index (χ0) is 23.2. The molecule has 1 amide bonds. The van der Waals surface area contributed by atoms with Crippen molar-refractivity contribution in [1.29, 1.82) is 0 Å². The van der Waals surface area contributed by atoms with Crippen LogP contribution in [0.5, 0.6) is 0 Å². The van der Waals surface area contributed by atoms with E-state index in [-0.39, 0.29) is 11.4 Å². The highest BCUT2D eigenvalue weighted by Crippen LogP contribution is 2.45. The summed E-state index contributed by atoms with van der Waals surface area (Å²) in [5.41, 5.74) is 5.46. The lowest BCUT2D eigenvalue weighted by atomic mass is 9.79. The Labute approximate surface area is 200 Å². The van der Waals surface area contributed by atoms with Gasteiger partial charge >= 0.3 is 0 Å². The van der Waals surface area contributed by atoms with Crippen molar-refractivity contribution in [3.05, 3.63) is 63.0 Å². The fourth-order valence-electron chi connectivity index (χ4n) is 5.00. The maximum Gasteiger partial charge on any atom is 0.264 e. The highest BCUT2D eigenvalue weighted by molar-refractivity contribution is 8.18. The molecule has 4 rings (SSSR count). The van der Waals surface area contributed by atoms with Gasteiger partial charge in [0.1, 0.15) is 0 Å². The van der Waals surface area contributed by atoms with Crippen molar-refractivity contribution >= 4 is 51.9 Å². The first-order valence-electron chi connectivity index (χ1n) is 11.0. The largest absolute Gasteiger partial charge is 0.364 e. The number of aliphatic imine (C=N–C) groups is 1. The molecular formula is C26H30ClN3OS. The summed E-state index contributed by atoms with van der Waals surface area (Å²) in [5, 5.41) is 4.12. The summed E-state index contributed by atoms with van der Waals surface area (Å²) in [5.74, 6) is 0.338. The van der Waals surface area contributed by atoms with Gasteiger partial charge in [-0.3, -0.25) is 4.79 Å². The van der Waals surface area contributed by atoms with Gasteiger partial charge in [0.25, 0.3) is 5.91 Å². The van der Waals surface area contributed by atoms with E-state index in [1.165, 1.54) is 23.0 Å². The lowest BCUT2D eigenvalue weighted by molar-refractivity contribution is -0.115. The van der Waals surface area contributed by atoms with Gasteiger partial charge in [-0.2, -0.15) is 0 Å². The Balaban J connectivity index is 1.64. The summed E-state index contributed by atoms with van der Waals surface area (Å²) in [6, 6.07) is 12.6. The van der Waals surface area contributed by atoms with E-state index in [4.69, 9.17) is 11.6 Å². The van der Waals surface area contributed by atoms with Gasteiger partial charge in [-0.05, 0) is 106 Å². The molecule has 2 aromatic carbocycles. The third-order valence-corrected chi connectivity index (χ3v) is 7.55. The minimum Gasteiger partial charge on any atom is -0.364 e. The minimum absolute atomic E-state index is 0.117. The van der Waals surface area contributed by atoms with E-state index in [9.17, 15) is 4.79 Å². The maximum atomic E-state index is 12.6. The van der Waals surface area contributed by atoms with Gasteiger partial charge in [0, 0.05) is 22.3 Å². The first-order chi connectivity index (χ1) is 15.1. The predicted molar refractivity (Wildman–Crippen MR) is 138 cm³/mol. The minimum atomic E-state index is -0.121. The Bertz CT molecular complexity index is 1140. The van der Waals surface area contributed by atoms with Crippen molar-refractivity contribution in [2.24, 2.45) is 4.99 Å². The highest BCUT2D eigenvalue weighted by atomic mass is 35.5. The Hall–Kier alpha value is -2.24. The quantitative estimate of drug-likeness (QED) is 0.492. The Morgan fingerprint density at radius 1 is 1.28 bits per heavy atom. The summed E-state index contributed by atoms with van der Waals surface area (Å²) in [7, 11) is 0. The standard InChI is InChI=1S/C26H30ClN3OS/c1-15(2)30-22-11-10-18(12-19(22)16(3)14-26(30,5)6)13-23-24(31)29-25(32-23)28-21-9-7-8-20(27)17(21)4/h7-13,15-16H,14H2,1-6H3,(H,28,29,31)/b23-13-/t16-/m0/s1. The molecule has 1 saturated heterocycles. The molecule has 168 valence electrons. The molecule has 0 aliphatic carbocycles. The number of amides is 1. The van der Waals surface area contributed by atoms with Crippen LogP contribution in [0, 0.1) is 6.92 Å². The second kappa shape index (κ2) is 8.60. The first kappa shape index (κ1) is 22.9. The van der Waals surface area contributed by atoms with E-state index in [0.717, 1.165) is 23.2 Å². The summed E-state index contributed by atoms with van der Waals surface area (Å²) < 4.78 is 0. The third-order valence-electron chi connectivity index (χ3n) is 6.23. The number of anilines is 1. The first-order valence-corrected chi connectivity index (χ1v) is 12.2. The highest BCUT2D eigenvalue weighted by Gasteiger charge is 2.37. The summed E-state index contributed by atoms with van der Waals surface area (Å²) in [4.78, 5) is 20.4. The maximum absolute atomic E-state index is 12.6. The SMILES string of the molecule is Cc1c(Cl)cccc1N=C1NC(=O)/C(=C/c2ccc3c(c2)[C@@H](C)CC(C)(C)N3C(C)C)S1. The van der Waals surface area contributed by atoms with Crippen LogP contribution < -0.4 is 10.2 Å². The fourth-order valence-corrected chi connectivity index (χ4v) is 6.00. The summed E-state index contributed by atoms with van der Waals surface area (Å²) in [6.07, 6.45) is 3.06. The Morgan fingerprint density at radius 3 is 2.75 bits per heavy atom. The second-order valence-corrected chi connectivity index (χ2v) is 11.0. The molecule has 1 atom stereocenters. The van der Waals surface area contributed by atoms with Gasteiger partial charge in [0.05, 0.1) is 10.6 Å². The van der Waals surface area contributed by atoms with Crippen LogP contribution in [0.2, 0.25) is 5.02 Å². The average molecular weight is 468 g/mol. The van der Waals surface area contributed by atoms with E-state index >= 15 is 0 Å². The molecule has 0 radical (unpaired) electrons. The Morgan fingerprint density at radius 2 is 2.03 bits per heavy atom. The summed E-state index contributed by atoms with van der Waals surface area (Å²) in [6.45, 7) is 13.4. The van der Waals surface area contributed by atoms with E-state index in [1.54, 1.807) is 0 Å². The van der Waals surface area contributed by atoms with Crippen LogP contribution >= 0.6 is 23.4 Å².